The first kappa shape index (κ1) is 43.3. The lowest BCUT2D eigenvalue weighted by Gasteiger charge is -2.44. The van der Waals surface area contributed by atoms with Gasteiger partial charge in [-0.1, -0.05) is 80.9 Å². The van der Waals surface area contributed by atoms with Gasteiger partial charge in [0.15, 0.2) is 0 Å². The van der Waals surface area contributed by atoms with E-state index >= 15 is 0 Å². The highest BCUT2D eigenvalue weighted by atomic mass is 127. The van der Waals surface area contributed by atoms with Crippen LogP contribution in [0.4, 0.5) is 92.2 Å². The summed E-state index contributed by atoms with van der Waals surface area (Å²) in [6.45, 7) is 1.92. The molecule has 0 amide bonds. The van der Waals surface area contributed by atoms with Crippen molar-refractivity contribution in [2.45, 2.75) is 135 Å². The molecule has 0 N–H and O–H groups in total. The largest absolute Gasteiger partial charge is 0.460 e. The van der Waals surface area contributed by atoms with Crippen LogP contribution < -0.4 is 0 Å². The summed E-state index contributed by atoms with van der Waals surface area (Å²) in [7, 11) is 0. The third-order valence-corrected chi connectivity index (χ3v) is 7.49. The maximum Gasteiger partial charge on any atom is 0.460 e. The lowest BCUT2D eigenvalue weighted by atomic mass is 9.85. The van der Waals surface area contributed by atoms with E-state index in [1.165, 1.54) is 0 Å². The smallest absolute Gasteiger partial charge is 0.200 e. The zero-order valence-electron chi connectivity index (χ0n) is 22.0. The van der Waals surface area contributed by atoms with Gasteiger partial charge in [-0.2, -0.15) is 92.2 Å². The van der Waals surface area contributed by atoms with Gasteiger partial charge in [0.2, 0.25) is 0 Å². The van der Waals surface area contributed by atoms with Crippen LogP contribution in [0.5, 0.6) is 0 Å². The van der Waals surface area contributed by atoms with Crippen molar-refractivity contribution >= 4 is 22.6 Å². The predicted molar refractivity (Wildman–Crippen MR) is 120 cm³/mol. The van der Waals surface area contributed by atoms with Crippen LogP contribution in [0.25, 0.3) is 0 Å². The van der Waals surface area contributed by atoms with Crippen LogP contribution in [0, 0.1) is 0 Å². The summed E-state index contributed by atoms with van der Waals surface area (Å²) >= 11 is 0.938. The van der Waals surface area contributed by atoms with Crippen molar-refractivity contribution in [1.29, 1.82) is 0 Å². The molecule has 0 bridgehead atoms. The van der Waals surface area contributed by atoms with E-state index in [1.807, 2.05) is 6.92 Å². The van der Waals surface area contributed by atoms with Crippen molar-refractivity contribution in [3.63, 3.8) is 0 Å². The summed E-state index contributed by atoms with van der Waals surface area (Å²) in [4.78, 5) is 0. The molecule has 22 heteroatoms. The van der Waals surface area contributed by atoms with Gasteiger partial charge in [-0.25, -0.2) is 0 Å². The van der Waals surface area contributed by atoms with E-state index < -0.39 is 76.2 Å². The zero-order valence-corrected chi connectivity index (χ0v) is 24.1. The van der Waals surface area contributed by atoms with Crippen molar-refractivity contribution in [2.75, 3.05) is 0 Å². The van der Waals surface area contributed by atoms with Crippen molar-refractivity contribution < 1.29 is 92.2 Å². The van der Waals surface area contributed by atoms with Crippen LogP contribution in [-0.2, 0) is 0 Å². The standard InChI is InChI=1S/C22H24F21I/c1-2-3-4-5-6-7-8-9-10-12(44)11-13(23,24)14(25,26)15(27,28)16(29,30)17(31,32)18(33,34)19(35,36)20(37,38)21(39,40)22(41,42)43/h12H,2-11H2,1H3. The minimum absolute atomic E-state index is 0.0360. The number of unbranched alkanes of at least 4 members (excludes halogenated alkanes) is 7. The Morgan fingerprint density at radius 2 is 0.659 bits per heavy atom. The fourth-order valence-electron chi connectivity index (χ4n) is 3.60. The zero-order chi connectivity index (χ0) is 35.6. The normalized spacial score (nSPS) is 16.4. The highest BCUT2D eigenvalue weighted by Gasteiger charge is 2.97. The van der Waals surface area contributed by atoms with Gasteiger partial charge < -0.3 is 0 Å². The molecule has 0 aromatic heterocycles. The molecule has 1 atom stereocenters. The summed E-state index contributed by atoms with van der Waals surface area (Å²) < 4.78 is 281. The van der Waals surface area contributed by atoms with Crippen molar-refractivity contribution in [1.82, 2.24) is 0 Å². The Bertz CT molecular complexity index is 908. The number of rotatable bonds is 19. The van der Waals surface area contributed by atoms with E-state index in [-0.39, 0.29) is 12.8 Å². The molecule has 44 heavy (non-hydrogen) atoms. The Balaban J connectivity index is 6.22. The van der Waals surface area contributed by atoms with E-state index in [0.29, 0.717) is 12.8 Å². The maximum atomic E-state index is 14.1. The summed E-state index contributed by atoms with van der Waals surface area (Å²) in [5.74, 6) is -76.4. The third-order valence-electron chi connectivity index (χ3n) is 6.42. The summed E-state index contributed by atoms with van der Waals surface area (Å²) in [5, 5.41) is 0. The van der Waals surface area contributed by atoms with Gasteiger partial charge in [-0.05, 0) is 6.42 Å². The second kappa shape index (κ2) is 13.8. The minimum Gasteiger partial charge on any atom is -0.200 e. The van der Waals surface area contributed by atoms with Crippen LogP contribution in [0.1, 0.15) is 71.1 Å². The van der Waals surface area contributed by atoms with Crippen LogP contribution in [0.2, 0.25) is 0 Å². The van der Waals surface area contributed by atoms with Gasteiger partial charge in [0.05, 0.1) is 0 Å². The van der Waals surface area contributed by atoms with Crippen LogP contribution >= 0.6 is 22.6 Å². The number of hydrogen-bond acceptors (Lipinski definition) is 0. The molecular formula is C22H24F21I. The molecule has 0 saturated heterocycles. The van der Waals surface area contributed by atoms with Gasteiger partial charge in [-0.15, -0.1) is 0 Å². The first-order valence-corrected chi connectivity index (χ1v) is 13.6. The van der Waals surface area contributed by atoms with E-state index in [9.17, 15) is 92.2 Å². The van der Waals surface area contributed by atoms with Crippen molar-refractivity contribution in [2.24, 2.45) is 0 Å². The molecule has 0 aromatic carbocycles. The fraction of sp³-hybridized carbons (Fsp3) is 1.00. The second-order valence-electron chi connectivity index (χ2n) is 9.86. The van der Waals surface area contributed by atoms with Gasteiger partial charge >= 0.3 is 59.5 Å². The minimum atomic E-state index is -9.14. The Hall–Kier alpha value is -0.740. The van der Waals surface area contributed by atoms with Crippen molar-refractivity contribution in [3.8, 4) is 0 Å². The van der Waals surface area contributed by atoms with Gasteiger partial charge in [0, 0.05) is 10.3 Å². The van der Waals surface area contributed by atoms with E-state index in [2.05, 4.69) is 0 Å². The highest BCUT2D eigenvalue weighted by Crippen LogP contribution is 2.66. The Labute approximate surface area is 249 Å². The average Bonchev–Trinajstić information content (AvgIpc) is 2.83. The number of alkyl halides is 22. The molecule has 0 nitrogen and oxygen atoms in total. The summed E-state index contributed by atoms with van der Waals surface area (Å²) in [6, 6.07) is 0. The second-order valence-corrected chi connectivity index (χ2v) is 11.6. The molecule has 0 radical (unpaired) electrons. The Morgan fingerprint density at radius 3 is 0.977 bits per heavy atom. The highest BCUT2D eigenvalue weighted by molar-refractivity contribution is 14.1. The molecule has 0 rings (SSSR count). The number of hydrogen-bond donors (Lipinski definition) is 0. The maximum absolute atomic E-state index is 14.1. The predicted octanol–water partition coefficient (Wildman–Crippen LogP) is 12.0. The summed E-state index contributed by atoms with van der Waals surface area (Å²) in [5.41, 5.74) is 0. The van der Waals surface area contributed by atoms with Crippen LogP contribution in [-0.4, -0.2) is 63.4 Å². The molecule has 0 aromatic rings. The molecule has 266 valence electrons. The van der Waals surface area contributed by atoms with Crippen LogP contribution in [0.15, 0.2) is 0 Å². The monoisotopic (exact) mass is 814 g/mol. The molecule has 0 spiro atoms. The molecule has 0 heterocycles. The molecule has 0 saturated carbocycles. The topological polar surface area (TPSA) is 0 Å². The lowest BCUT2D eigenvalue weighted by molar-refractivity contribution is -0.474. The Kier molecular flexibility index (Phi) is 13.5. The molecule has 0 fully saturated rings. The van der Waals surface area contributed by atoms with E-state index in [4.69, 9.17) is 0 Å². The SMILES string of the molecule is CCCCCCCCCCC(I)CC(F)(F)C(F)(F)C(F)(F)C(F)(F)C(F)(F)C(F)(F)C(F)(F)C(F)(F)C(F)(F)C(F)(F)F. The summed E-state index contributed by atoms with van der Waals surface area (Å²) in [6.07, 6.45) is -6.19. The Morgan fingerprint density at radius 1 is 0.386 bits per heavy atom. The molecular weight excluding hydrogens is 790 g/mol. The molecule has 0 aliphatic rings. The molecule has 0 aliphatic carbocycles. The van der Waals surface area contributed by atoms with Gasteiger partial charge in [0.25, 0.3) is 0 Å². The first-order chi connectivity index (χ1) is 19.2. The molecule has 0 aliphatic heterocycles. The van der Waals surface area contributed by atoms with Crippen molar-refractivity contribution in [3.05, 3.63) is 0 Å². The van der Waals surface area contributed by atoms with E-state index in [0.717, 1.165) is 48.3 Å². The van der Waals surface area contributed by atoms with Crippen LogP contribution in [0.3, 0.4) is 0 Å². The van der Waals surface area contributed by atoms with Gasteiger partial charge in [0.1, 0.15) is 0 Å². The van der Waals surface area contributed by atoms with E-state index in [1.54, 1.807) is 0 Å². The first-order valence-electron chi connectivity index (χ1n) is 12.3. The average molecular weight is 814 g/mol. The number of halogens is 22. The quantitative estimate of drug-likeness (QED) is 0.0527. The molecule has 1 unspecified atom stereocenters. The third kappa shape index (κ3) is 7.37. The fourth-order valence-corrected chi connectivity index (χ4v) is 4.59. The van der Waals surface area contributed by atoms with Gasteiger partial charge in [-0.3, -0.25) is 0 Å². The lowest BCUT2D eigenvalue weighted by Crippen LogP contribution is -2.76.